The molecular weight excluding hydrogens is 328 g/mol. The zero-order valence-electron chi connectivity index (χ0n) is 4.37. The predicted octanol–water partition coefficient (Wildman–Crippen LogP) is 3.40. The van der Waals surface area contributed by atoms with E-state index in [9.17, 15) is 0 Å². The number of hydrogen-bond acceptors (Lipinski definition) is 0. The van der Waals surface area contributed by atoms with Crippen molar-refractivity contribution in [3.63, 3.8) is 0 Å². The molecular formula is C5H3Br3Si. The van der Waals surface area contributed by atoms with Gasteiger partial charge in [0.1, 0.15) is 7.02 Å². The molecule has 0 unspecified atom stereocenters. The molecule has 1 rings (SSSR count). The zero-order chi connectivity index (χ0) is 6.85. The molecule has 0 aliphatic rings. The van der Waals surface area contributed by atoms with Gasteiger partial charge in [-0.1, -0.05) is 58.9 Å². The summed E-state index contributed by atoms with van der Waals surface area (Å²) in [6, 6.07) is 4.08. The Morgan fingerprint density at radius 2 is 2.00 bits per heavy atom. The van der Waals surface area contributed by atoms with Crippen LogP contribution in [0.3, 0.4) is 0 Å². The van der Waals surface area contributed by atoms with Gasteiger partial charge in [0.15, 0.2) is 0 Å². The quantitative estimate of drug-likeness (QED) is 0.505. The lowest BCUT2D eigenvalue weighted by atomic mass is 10.6. The summed E-state index contributed by atoms with van der Waals surface area (Å²) in [6.07, 6.45) is 0. The minimum Gasteiger partial charge on any atom is -0.0921 e. The summed E-state index contributed by atoms with van der Waals surface area (Å²) in [7, 11) is -0.569. The molecule has 0 amide bonds. The van der Waals surface area contributed by atoms with E-state index in [0.29, 0.717) is 0 Å². The van der Waals surface area contributed by atoms with Crippen LogP contribution >= 0.6 is 47.2 Å². The Morgan fingerprint density at radius 1 is 1.33 bits per heavy atom. The van der Waals surface area contributed by atoms with Crippen molar-refractivity contribution in [2.24, 2.45) is 0 Å². The van der Waals surface area contributed by atoms with E-state index in [1.54, 1.807) is 0 Å². The summed E-state index contributed by atoms with van der Waals surface area (Å²) in [6.45, 7) is 0. The van der Waals surface area contributed by atoms with Gasteiger partial charge in [-0.15, -0.1) is 0 Å². The molecule has 4 heteroatoms. The van der Waals surface area contributed by atoms with Crippen molar-refractivity contribution >= 4 is 54.2 Å². The van der Waals surface area contributed by atoms with Crippen LogP contribution in [0.25, 0.3) is 0 Å². The Bertz CT molecular complexity index is 203. The lowest BCUT2D eigenvalue weighted by Crippen LogP contribution is -1.84. The molecule has 0 saturated heterocycles. The molecule has 1 aromatic rings. The summed E-state index contributed by atoms with van der Waals surface area (Å²) in [5.41, 5.74) is 2.17. The van der Waals surface area contributed by atoms with Gasteiger partial charge in [-0.05, 0) is 6.07 Å². The monoisotopic (exact) mass is 328 g/mol. The van der Waals surface area contributed by atoms with Gasteiger partial charge in [-0.3, -0.25) is 0 Å². The van der Waals surface area contributed by atoms with Crippen molar-refractivity contribution < 1.29 is 0 Å². The first-order valence-electron chi connectivity index (χ1n) is 2.31. The molecule has 0 bridgehead atoms. The highest BCUT2D eigenvalue weighted by molar-refractivity contribution is 9.25. The Morgan fingerprint density at radius 3 is 2.44 bits per heavy atom. The molecule has 0 aliphatic heterocycles. The third-order valence-corrected chi connectivity index (χ3v) is 8.92. The molecule has 48 valence electrons. The van der Waals surface area contributed by atoms with Crippen LogP contribution in [0.15, 0.2) is 26.4 Å². The third-order valence-electron chi connectivity index (χ3n) is 0.904. The SMILES string of the molecule is Brc1ccc[si](Br)c1Br. The molecule has 0 spiro atoms. The second-order valence-corrected chi connectivity index (χ2v) is 8.01. The summed E-state index contributed by atoms with van der Waals surface area (Å²) in [5.74, 6) is 0. The second-order valence-electron chi connectivity index (χ2n) is 1.54. The van der Waals surface area contributed by atoms with Crippen LogP contribution in [-0.2, 0) is 0 Å². The van der Waals surface area contributed by atoms with Crippen LogP contribution in [0.5, 0.6) is 0 Å². The molecule has 0 aliphatic carbocycles. The highest BCUT2D eigenvalue weighted by Crippen LogP contribution is 2.22. The largest absolute Gasteiger partial charge is 0.137 e. The van der Waals surface area contributed by atoms with E-state index in [-0.39, 0.29) is 0 Å². The maximum atomic E-state index is 3.55. The maximum absolute atomic E-state index is 3.55. The highest BCUT2D eigenvalue weighted by atomic mass is 79.9. The standard InChI is InChI=1S/C5H3Br3Si/c6-4-2-1-3-9(8)5(4)7/h1-3H. The lowest BCUT2D eigenvalue weighted by molar-refractivity contribution is 1.73. The predicted molar refractivity (Wildman–Crippen MR) is 52.1 cm³/mol. The van der Waals surface area contributed by atoms with Gasteiger partial charge in [-0.2, -0.15) is 0 Å². The summed E-state index contributed by atoms with van der Waals surface area (Å²) in [5, 5.41) is 0. The van der Waals surface area contributed by atoms with Crippen molar-refractivity contribution in [1.82, 2.24) is 0 Å². The van der Waals surface area contributed by atoms with E-state index < -0.39 is 7.02 Å². The smallest absolute Gasteiger partial charge is 0.0921 e. The molecule has 1 heterocycles. The molecule has 0 atom stereocenters. The molecule has 0 radical (unpaired) electrons. The van der Waals surface area contributed by atoms with E-state index in [2.05, 4.69) is 58.9 Å². The Balaban J connectivity index is 3.25. The second kappa shape index (κ2) is 3.41. The minimum atomic E-state index is -0.569. The van der Waals surface area contributed by atoms with Gasteiger partial charge in [-0.25, -0.2) is 0 Å². The van der Waals surface area contributed by atoms with Gasteiger partial charge in [0.25, 0.3) is 0 Å². The van der Waals surface area contributed by atoms with E-state index in [4.69, 9.17) is 0 Å². The average molecular weight is 331 g/mol. The van der Waals surface area contributed by atoms with Gasteiger partial charge in [0.2, 0.25) is 0 Å². The van der Waals surface area contributed by atoms with Crippen molar-refractivity contribution in [3.05, 3.63) is 26.4 Å². The Labute approximate surface area is 80.0 Å². The van der Waals surface area contributed by atoms with Crippen LogP contribution in [0, 0.1) is 0 Å². The van der Waals surface area contributed by atoms with Gasteiger partial charge in [0, 0.05) is 8.56 Å². The van der Waals surface area contributed by atoms with Crippen molar-refractivity contribution in [3.8, 4) is 0 Å². The fraction of sp³-hybridized carbons (Fsp3) is 0. The first-order chi connectivity index (χ1) is 4.22. The van der Waals surface area contributed by atoms with Crippen LogP contribution in [0.4, 0.5) is 0 Å². The normalized spacial score (nSPS) is 9.67. The van der Waals surface area contributed by atoms with Crippen LogP contribution in [0.2, 0.25) is 0 Å². The van der Waals surface area contributed by atoms with Gasteiger partial charge >= 0.3 is 0 Å². The van der Waals surface area contributed by atoms with E-state index in [0.717, 1.165) is 4.47 Å². The summed E-state index contributed by atoms with van der Waals surface area (Å²) >= 11 is 10.4. The maximum Gasteiger partial charge on any atom is 0.137 e. The topological polar surface area (TPSA) is 0 Å². The lowest BCUT2D eigenvalue weighted by Gasteiger charge is -1.94. The molecule has 0 saturated carbocycles. The van der Waals surface area contributed by atoms with Crippen LogP contribution in [0.1, 0.15) is 0 Å². The average Bonchev–Trinajstić information content (AvgIpc) is 1.83. The number of hydrogen-bond donors (Lipinski definition) is 0. The molecule has 0 N–H and O–H groups in total. The van der Waals surface area contributed by atoms with Gasteiger partial charge < -0.3 is 0 Å². The minimum absolute atomic E-state index is 0.569. The van der Waals surface area contributed by atoms with Crippen LogP contribution < -0.4 is 0 Å². The van der Waals surface area contributed by atoms with Crippen molar-refractivity contribution in [1.29, 1.82) is 0 Å². The van der Waals surface area contributed by atoms with Crippen molar-refractivity contribution in [2.75, 3.05) is 0 Å². The van der Waals surface area contributed by atoms with Crippen molar-refractivity contribution in [2.45, 2.75) is 0 Å². The molecule has 9 heavy (non-hydrogen) atoms. The van der Waals surface area contributed by atoms with Gasteiger partial charge in [0.05, 0.1) is 0 Å². The Hall–Kier alpha value is 1.01. The number of rotatable bonds is 0. The molecule has 0 nitrogen and oxygen atoms in total. The third kappa shape index (κ3) is 1.96. The molecule has 1 aromatic heterocycles. The summed E-state index contributed by atoms with van der Waals surface area (Å²) < 4.78 is 2.39. The number of halogens is 3. The fourth-order valence-electron chi connectivity index (χ4n) is 0.477. The first kappa shape index (κ1) is 8.11. The summed E-state index contributed by atoms with van der Waals surface area (Å²) in [4.78, 5) is 0. The highest BCUT2D eigenvalue weighted by Gasteiger charge is 1.98. The van der Waals surface area contributed by atoms with E-state index in [1.165, 1.54) is 4.08 Å². The Kier molecular flexibility index (Phi) is 3.07. The van der Waals surface area contributed by atoms with E-state index >= 15 is 0 Å². The molecule has 0 aromatic carbocycles. The first-order valence-corrected chi connectivity index (χ1v) is 7.73. The van der Waals surface area contributed by atoms with E-state index in [1.807, 2.05) is 6.07 Å². The van der Waals surface area contributed by atoms with Crippen LogP contribution in [-0.4, -0.2) is 7.02 Å². The fourth-order valence-corrected chi connectivity index (χ4v) is 4.42. The zero-order valence-corrected chi connectivity index (χ0v) is 10.1. The molecule has 0 fully saturated rings.